The van der Waals surface area contributed by atoms with Crippen molar-refractivity contribution in [2.24, 2.45) is 5.14 Å². The molecule has 2 rings (SSSR count). The van der Waals surface area contributed by atoms with Crippen LogP contribution in [0.2, 0.25) is 0 Å². The maximum atomic E-state index is 10.8. The van der Waals surface area contributed by atoms with Gasteiger partial charge in [0.1, 0.15) is 0 Å². The van der Waals surface area contributed by atoms with Gasteiger partial charge in [-0.3, -0.25) is 0 Å². The topological polar surface area (TPSA) is 86.5 Å². The lowest BCUT2D eigenvalue weighted by Crippen LogP contribution is -2.11. The van der Waals surface area contributed by atoms with E-state index in [1.165, 1.54) is 19.2 Å². The first kappa shape index (κ1) is 15.9. The second-order valence-electron chi connectivity index (χ2n) is 3.72. The highest BCUT2D eigenvalue weighted by molar-refractivity contribution is 7.89. The Bertz CT molecular complexity index is 639. The van der Waals surface area contributed by atoms with Crippen LogP contribution in [0.1, 0.15) is 10.4 Å². The Hall–Kier alpha value is -2.18. The molecule has 0 unspecified atom stereocenters. The molecular weight excluding hydrogens is 278 g/mol. The molecule has 0 radical (unpaired) electrons. The SMILES string of the molecule is COC(=O)c1ccccc1.NS(=O)(=O)c1ccccc1. The Kier molecular flexibility index (Phi) is 5.89. The van der Waals surface area contributed by atoms with E-state index in [0.29, 0.717) is 5.56 Å². The number of esters is 1. The molecule has 0 amide bonds. The van der Waals surface area contributed by atoms with Crippen molar-refractivity contribution in [1.29, 1.82) is 0 Å². The van der Waals surface area contributed by atoms with Crippen molar-refractivity contribution in [3.05, 3.63) is 66.2 Å². The predicted molar refractivity (Wildman–Crippen MR) is 75.6 cm³/mol. The zero-order valence-corrected chi connectivity index (χ0v) is 11.7. The molecule has 2 aromatic carbocycles. The molecule has 0 saturated carbocycles. The van der Waals surface area contributed by atoms with Crippen LogP contribution in [0.25, 0.3) is 0 Å². The molecule has 0 fully saturated rings. The Morgan fingerprint density at radius 1 is 0.950 bits per heavy atom. The molecule has 2 aromatic rings. The van der Waals surface area contributed by atoms with E-state index in [1.54, 1.807) is 42.5 Å². The first-order chi connectivity index (χ1) is 9.45. The van der Waals surface area contributed by atoms with Gasteiger partial charge in [-0.2, -0.15) is 0 Å². The minimum atomic E-state index is -3.50. The van der Waals surface area contributed by atoms with Crippen LogP contribution < -0.4 is 5.14 Å². The highest BCUT2D eigenvalue weighted by atomic mass is 32.2. The summed E-state index contributed by atoms with van der Waals surface area (Å²) in [6.07, 6.45) is 0. The van der Waals surface area contributed by atoms with E-state index in [-0.39, 0.29) is 10.9 Å². The number of rotatable bonds is 2. The fourth-order valence-corrected chi connectivity index (χ4v) is 1.84. The second kappa shape index (κ2) is 7.42. The minimum Gasteiger partial charge on any atom is -0.465 e. The van der Waals surface area contributed by atoms with Crippen LogP contribution in [0.4, 0.5) is 0 Å². The highest BCUT2D eigenvalue weighted by Crippen LogP contribution is 2.03. The fraction of sp³-hybridized carbons (Fsp3) is 0.0714. The zero-order chi connectivity index (χ0) is 15.0. The summed E-state index contributed by atoms with van der Waals surface area (Å²) in [5.74, 6) is -0.291. The molecular formula is C14H15NO4S. The molecule has 0 bridgehead atoms. The average Bonchev–Trinajstić information content (AvgIpc) is 2.48. The Morgan fingerprint density at radius 2 is 1.40 bits per heavy atom. The molecule has 0 spiro atoms. The number of carbonyl (C=O) groups is 1. The number of methoxy groups -OCH3 is 1. The largest absolute Gasteiger partial charge is 0.465 e. The number of nitrogens with two attached hydrogens (primary N) is 1. The van der Waals surface area contributed by atoms with Crippen molar-refractivity contribution in [2.75, 3.05) is 7.11 Å². The number of ether oxygens (including phenoxy) is 1. The highest BCUT2D eigenvalue weighted by Gasteiger charge is 2.03. The van der Waals surface area contributed by atoms with Crippen LogP contribution in [-0.4, -0.2) is 21.5 Å². The third-order valence-electron chi connectivity index (χ3n) is 2.27. The molecule has 20 heavy (non-hydrogen) atoms. The van der Waals surface area contributed by atoms with Crippen LogP contribution in [-0.2, 0) is 14.8 Å². The van der Waals surface area contributed by atoms with Gasteiger partial charge in [-0.15, -0.1) is 0 Å². The predicted octanol–water partition coefficient (Wildman–Crippen LogP) is 1.81. The Labute approximate surface area is 118 Å². The molecule has 0 saturated heterocycles. The summed E-state index contributed by atoms with van der Waals surface area (Å²) < 4.78 is 25.7. The monoisotopic (exact) mass is 293 g/mol. The molecule has 0 aliphatic heterocycles. The van der Waals surface area contributed by atoms with E-state index < -0.39 is 10.0 Å². The maximum absolute atomic E-state index is 10.8. The minimum absolute atomic E-state index is 0.148. The summed E-state index contributed by atoms with van der Waals surface area (Å²) in [5, 5.41) is 4.83. The summed E-state index contributed by atoms with van der Waals surface area (Å²) in [7, 11) is -2.13. The van der Waals surface area contributed by atoms with Gasteiger partial charge in [0.25, 0.3) is 0 Å². The Morgan fingerprint density at radius 3 is 1.75 bits per heavy atom. The fourth-order valence-electron chi connectivity index (χ4n) is 1.30. The van der Waals surface area contributed by atoms with Gasteiger partial charge in [0.2, 0.25) is 10.0 Å². The van der Waals surface area contributed by atoms with Crippen molar-refractivity contribution in [2.45, 2.75) is 4.90 Å². The summed E-state index contributed by atoms with van der Waals surface area (Å²) >= 11 is 0. The molecule has 0 aliphatic rings. The van der Waals surface area contributed by atoms with Gasteiger partial charge in [-0.25, -0.2) is 18.4 Å². The molecule has 0 aromatic heterocycles. The molecule has 6 heteroatoms. The number of benzene rings is 2. The van der Waals surface area contributed by atoms with Crippen molar-refractivity contribution >= 4 is 16.0 Å². The van der Waals surface area contributed by atoms with Gasteiger partial charge >= 0.3 is 5.97 Å². The third kappa shape index (κ3) is 5.21. The zero-order valence-electron chi connectivity index (χ0n) is 10.9. The van der Waals surface area contributed by atoms with Crippen molar-refractivity contribution in [3.8, 4) is 0 Å². The summed E-state index contributed by atoms with van der Waals surface area (Å²) in [5.41, 5.74) is 0.588. The lowest BCUT2D eigenvalue weighted by Gasteiger charge is -1.95. The maximum Gasteiger partial charge on any atom is 0.337 e. The van der Waals surface area contributed by atoms with E-state index in [2.05, 4.69) is 4.74 Å². The van der Waals surface area contributed by atoms with Gasteiger partial charge < -0.3 is 4.74 Å². The lowest BCUT2D eigenvalue weighted by atomic mass is 10.2. The van der Waals surface area contributed by atoms with E-state index in [1.807, 2.05) is 6.07 Å². The van der Waals surface area contributed by atoms with Crippen LogP contribution in [0, 0.1) is 0 Å². The lowest BCUT2D eigenvalue weighted by molar-refractivity contribution is 0.0600. The number of carbonyl (C=O) groups excluding carboxylic acids is 1. The second-order valence-corrected chi connectivity index (χ2v) is 5.28. The number of hydrogen-bond acceptors (Lipinski definition) is 4. The van der Waals surface area contributed by atoms with Crippen molar-refractivity contribution in [1.82, 2.24) is 0 Å². The quantitative estimate of drug-likeness (QED) is 0.855. The van der Waals surface area contributed by atoms with Crippen molar-refractivity contribution in [3.63, 3.8) is 0 Å². The van der Waals surface area contributed by atoms with Gasteiger partial charge in [0.05, 0.1) is 17.6 Å². The van der Waals surface area contributed by atoms with Gasteiger partial charge in [-0.05, 0) is 24.3 Å². The molecule has 2 N–H and O–H groups in total. The van der Waals surface area contributed by atoms with Crippen LogP contribution in [0.3, 0.4) is 0 Å². The smallest absolute Gasteiger partial charge is 0.337 e. The first-order valence-electron chi connectivity index (χ1n) is 5.66. The summed E-state index contributed by atoms with van der Waals surface area (Å²) in [6.45, 7) is 0. The molecule has 5 nitrogen and oxygen atoms in total. The molecule has 0 aliphatic carbocycles. The Balaban J connectivity index is 0.000000200. The van der Waals surface area contributed by atoms with E-state index in [9.17, 15) is 13.2 Å². The van der Waals surface area contributed by atoms with Crippen LogP contribution >= 0.6 is 0 Å². The number of hydrogen-bond donors (Lipinski definition) is 1. The van der Waals surface area contributed by atoms with Gasteiger partial charge in [0.15, 0.2) is 0 Å². The molecule has 106 valence electrons. The molecule has 0 heterocycles. The van der Waals surface area contributed by atoms with Crippen LogP contribution in [0.15, 0.2) is 65.6 Å². The molecule has 0 atom stereocenters. The van der Waals surface area contributed by atoms with Gasteiger partial charge in [-0.1, -0.05) is 36.4 Å². The first-order valence-corrected chi connectivity index (χ1v) is 7.21. The van der Waals surface area contributed by atoms with Crippen LogP contribution in [0.5, 0.6) is 0 Å². The number of sulfonamides is 1. The normalized spacial score (nSPS) is 10.1. The van der Waals surface area contributed by atoms with Crippen molar-refractivity contribution < 1.29 is 17.9 Å². The van der Waals surface area contributed by atoms with E-state index in [0.717, 1.165) is 0 Å². The summed E-state index contributed by atoms with van der Waals surface area (Å²) in [6, 6.07) is 16.8. The van der Waals surface area contributed by atoms with E-state index in [4.69, 9.17) is 5.14 Å². The summed E-state index contributed by atoms with van der Waals surface area (Å²) in [4.78, 5) is 10.9. The third-order valence-corrected chi connectivity index (χ3v) is 3.20. The average molecular weight is 293 g/mol. The standard InChI is InChI=1S/C8H8O2.C6H7NO2S/c1-10-8(9)7-5-3-2-4-6-7;7-10(8,9)6-4-2-1-3-5-6/h2-6H,1H3;1-5H,(H2,7,8,9). The number of primary sulfonamides is 1. The van der Waals surface area contributed by atoms with Gasteiger partial charge in [0, 0.05) is 0 Å². The van der Waals surface area contributed by atoms with E-state index >= 15 is 0 Å².